The summed E-state index contributed by atoms with van der Waals surface area (Å²) in [6, 6.07) is 14.4. The molecule has 1 N–H and O–H groups in total. The molecular weight excluding hydrogens is 334 g/mol. The van der Waals surface area contributed by atoms with Gasteiger partial charge in [0.1, 0.15) is 6.33 Å². The molecule has 0 saturated heterocycles. The third-order valence-corrected chi connectivity index (χ3v) is 3.98. The second-order valence-corrected chi connectivity index (χ2v) is 5.59. The van der Waals surface area contributed by atoms with E-state index in [0.717, 1.165) is 22.0 Å². The van der Waals surface area contributed by atoms with Crippen LogP contribution >= 0.6 is 0 Å². The van der Waals surface area contributed by atoms with Gasteiger partial charge in [-0.15, -0.1) is 5.10 Å². The lowest BCUT2D eigenvalue weighted by Gasteiger charge is -2.09. The number of pyridine rings is 1. The molecule has 128 valence electrons. The highest BCUT2D eigenvalue weighted by molar-refractivity contribution is 5.92. The molecule has 0 amide bonds. The summed E-state index contributed by atoms with van der Waals surface area (Å²) in [6.45, 7) is 0. The van der Waals surface area contributed by atoms with E-state index in [2.05, 4.69) is 20.5 Å². The molecule has 26 heavy (non-hydrogen) atoms. The quantitative estimate of drug-likeness (QED) is 0.605. The summed E-state index contributed by atoms with van der Waals surface area (Å²) in [7, 11) is 1.57. The summed E-state index contributed by atoms with van der Waals surface area (Å²) < 4.78 is 6.56. The van der Waals surface area contributed by atoms with Gasteiger partial charge < -0.3 is 9.84 Å². The molecule has 0 aliphatic carbocycles. The van der Waals surface area contributed by atoms with Crippen molar-refractivity contribution in [3.05, 3.63) is 60.4 Å². The van der Waals surface area contributed by atoms with Crippen LogP contribution in [-0.2, 0) is 0 Å². The Morgan fingerprint density at radius 1 is 1.08 bits per heavy atom. The van der Waals surface area contributed by atoms with Crippen molar-refractivity contribution in [2.24, 2.45) is 0 Å². The van der Waals surface area contributed by atoms with E-state index >= 15 is 0 Å². The predicted molar refractivity (Wildman–Crippen MR) is 93.4 cm³/mol. The standard InChI is InChI=1S/C18H13N5O3/c1-26-17-5-3-12-6-11(2-4-16(12)20-17)13-7-14(18(24)25)9-15(8-13)23-10-19-21-22-23/h2-10H,1H3,(H,24,25). The molecule has 0 bridgehead atoms. The first-order chi connectivity index (χ1) is 12.6. The van der Waals surface area contributed by atoms with Crippen molar-refractivity contribution < 1.29 is 14.6 Å². The summed E-state index contributed by atoms with van der Waals surface area (Å²) >= 11 is 0. The van der Waals surface area contributed by atoms with Crippen LogP contribution in [0.4, 0.5) is 0 Å². The smallest absolute Gasteiger partial charge is 0.335 e. The number of aromatic carboxylic acids is 1. The van der Waals surface area contributed by atoms with Gasteiger partial charge in [-0.2, -0.15) is 0 Å². The van der Waals surface area contributed by atoms with E-state index in [-0.39, 0.29) is 5.56 Å². The number of fused-ring (bicyclic) bond motifs is 1. The molecule has 2 aromatic carbocycles. The minimum absolute atomic E-state index is 0.154. The van der Waals surface area contributed by atoms with Crippen LogP contribution in [-0.4, -0.2) is 43.4 Å². The van der Waals surface area contributed by atoms with Crippen molar-refractivity contribution in [3.63, 3.8) is 0 Å². The minimum Gasteiger partial charge on any atom is -0.481 e. The molecule has 0 fully saturated rings. The number of tetrazole rings is 1. The number of nitrogens with zero attached hydrogens (tertiary/aromatic N) is 5. The molecule has 0 spiro atoms. The number of aromatic nitrogens is 5. The zero-order valence-corrected chi connectivity index (χ0v) is 13.7. The second kappa shape index (κ2) is 6.25. The third-order valence-electron chi connectivity index (χ3n) is 3.98. The van der Waals surface area contributed by atoms with E-state index < -0.39 is 5.97 Å². The second-order valence-electron chi connectivity index (χ2n) is 5.59. The molecule has 8 heteroatoms. The van der Waals surface area contributed by atoms with Gasteiger partial charge >= 0.3 is 5.97 Å². The van der Waals surface area contributed by atoms with Gasteiger partial charge in [-0.1, -0.05) is 6.07 Å². The average molecular weight is 347 g/mol. The lowest BCUT2D eigenvalue weighted by Crippen LogP contribution is -2.02. The Balaban J connectivity index is 1.86. The number of carboxylic acids is 1. The number of ether oxygens (including phenoxy) is 1. The monoisotopic (exact) mass is 347 g/mol. The minimum atomic E-state index is -1.02. The molecule has 0 saturated carbocycles. The van der Waals surface area contributed by atoms with E-state index in [9.17, 15) is 9.90 Å². The lowest BCUT2D eigenvalue weighted by atomic mass is 10.00. The Morgan fingerprint density at radius 2 is 1.96 bits per heavy atom. The number of rotatable bonds is 4. The Kier molecular flexibility index (Phi) is 3.77. The van der Waals surface area contributed by atoms with Gasteiger partial charge in [0.05, 0.1) is 23.9 Å². The fourth-order valence-electron chi connectivity index (χ4n) is 2.71. The summed E-state index contributed by atoms with van der Waals surface area (Å²) in [5.74, 6) is -0.479. The largest absolute Gasteiger partial charge is 0.481 e. The number of methoxy groups -OCH3 is 1. The fourth-order valence-corrected chi connectivity index (χ4v) is 2.71. The number of carbonyl (C=O) groups is 1. The van der Waals surface area contributed by atoms with E-state index in [1.54, 1.807) is 19.2 Å². The average Bonchev–Trinajstić information content (AvgIpc) is 3.21. The first-order valence-electron chi connectivity index (χ1n) is 7.71. The van der Waals surface area contributed by atoms with Crippen molar-refractivity contribution in [2.75, 3.05) is 7.11 Å². The van der Waals surface area contributed by atoms with E-state index in [0.29, 0.717) is 11.6 Å². The maximum atomic E-state index is 11.5. The van der Waals surface area contributed by atoms with Crippen LogP contribution < -0.4 is 4.74 Å². The highest BCUT2D eigenvalue weighted by atomic mass is 16.5. The van der Waals surface area contributed by atoms with Crippen molar-refractivity contribution in [2.45, 2.75) is 0 Å². The van der Waals surface area contributed by atoms with Crippen LogP contribution in [0.5, 0.6) is 5.88 Å². The van der Waals surface area contributed by atoms with Crippen LogP contribution in [0, 0.1) is 0 Å². The molecule has 2 aromatic heterocycles. The van der Waals surface area contributed by atoms with E-state index in [4.69, 9.17) is 4.74 Å². The maximum Gasteiger partial charge on any atom is 0.335 e. The Hall–Kier alpha value is -3.81. The van der Waals surface area contributed by atoms with Crippen LogP contribution in [0.2, 0.25) is 0 Å². The molecular formula is C18H13N5O3. The summed E-state index contributed by atoms with van der Waals surface area (Å²) in [4.78, 5) is 15.9. The van der Waals surface area contributed by atoms with Gasteiger partial charge in [0.2, 0.25) is 5.88 Å². The molecule has 4 rings (SSSR count). The van der Waals surface area contributed by atoms with Gasteiger partial charge in [-0.25, -0.2) is 14.5 Å². The number of hydrogen-bond acceptors (Lipinski definition) is 6. The molecule has 0 aliphatic rings. The molecule has 4 aromatic rings. The third kappa shape index (κ3) is 2.84. The zero-order valence-electron chi connectivity index (χ0n) is 13.7. The van der Waals surface area contributed by atoms with Gasteiger partial charge in [0.15, 0.2) is 0 Å². The van der Waals surface area contributed by atoms with Crippen molar-refractivity contribution in [1.82, 2.24) is 25.2 Å². The Labute approximate surface area is 147 Å². The van der Waals surface area contributed by atoms with E-state index in [1.807, 2.05) is 30.3 Å². The maximum absolute atomic E-state index is 11.5. The lowest BCUT2D eigenvalue weighted by molar-refractivity contribution is 0.0697. The number of hydrogen-bond donors (Lipinski definition) is 1. The van der Waals surface area contributed by atoms with Gasteiger partial charge in [-0.05, 0) is 58.0 Å². The summed E-state index contributed by atoms with van der Waals surface area (Å²) in [5.41, 5.74) is 3.12. The van der Waals surface area contributed by atoms with Crippen molar-refractivity contribution in [1.29, 1.82) is 0 Å². The highest BCUT2D eigenvalue weighted by Crippen LogP contribution is 2.27. The van der Waals surface area contributed by atoms with Crippen molar-refractivity contribution in [3.8, 4) is 22.7 Å². The van der Waals surface area contributed by atoms with Gasteiger partial charge in [-0.3, -0.25) is 0 Å². The normalized spacial score (nSPS) is 10.8. The van der Waals surface area contributed by atoms with E-state index in [1.165, 1.54) is 17.1 Å². The zero-order chi connectivity index (χ0) is 18.1. The van der Waals surface area contributed by atoms with Gasteiger partial charge in [0.25, 0.3) is 0 Å². The van der Waals surface area contributed by atoms with Gasteiger partial charge in [0, 0.05) is 11.5 Å². The number of benzene rings is 2. The van der Waals surface area contributed by atoms with Crippen LogP contribution in [0.3, 0.4) is 0 Å². The molecule has 0 unspecified atom stereocenters. The fraction of sp³-hybridized carbons (Fsp3) is 0.0556. The predicted octanol–water partition coefficient (Wildman–Crippen LogP) is 2.58. The van der Waals surface area contributed by atoms with Crippen LogP contribution in [0.25, 0.3) is 27.7 Å². The topological polar surface area (TPSA) is 103 Å². The Bertz CT molecular complexity index is 1110. The first-order valence-corrected chi connectivity index (χ1v) is 7.71. The highest BCUT2D eigenvalue weighted by Gasteiger charge is 2.11. The summed E-state index contributed by atoms with van der Waals surface area (Å²) in [6.07, 6.45) is 1.42. The molecule has 0 atom stereocenters. The van der Waals surface area contributed by atoms with Crippen LogP contribution in [0.1, 0.15) is 10.4 Å². The summed E-state index contributed by atoms with van der Waals surface area (Å²) in [5, 5.41) is 21.4. The SMILES string of the molecule is COc1ccc2cc(-c3cc(C(=O)O)cc(-n4cnnn4)c3)ccc2n1. The first kappa shape index (κ1) is 15.7. The molecule has 0 radical (unpaired) electrons. The Morgan fingerprint density at radius 3 is 2.69 bits per heavy atom. The molecule has 0 aliphatic heterocycles. The molecule has 2 heterocycles. The molecule has 8 nitrogen and oxygen atoms in total. The number of carboxylic acid groups (broad SMARTS) is 1. The van der Waals surface area contributed by atoms with Crippen molar-refractivity contribution >= 4 is 16.9 Å². The van der Waals surface area contributed by atoms with Crippen LogP contribution in [0.15, 0.2) is 54.9 Å².